The van der Waals surface area contributed by atoms with E-state index < -0.39 is 11.8 Å². The number of hydrogen-bond donors (Lipinski definition) is 0. The summed E-state index contributed by atoms with van der Waals surface area (Å²) in [5.41, 5.74) is 0.780. The van der Waals surface area contributed by atoms with Gasteiger partial charge in [-0.3, -0.25) is 14.4 Å². The molecule has 0 saturated carbocycles. The molecule has 0 N–H and O–H groups in total. The van der Waals surface area contributed by atoms with Crippen LogP contribution in [0.1, 0.15) is 23.3 Å². The van der Waals surface area contributed by atoms with Crippen molar-refractivity contribution in [1.29, 1.82) is 0 Å². The average Bonchev–Trinajstić information content (AvgIpc) is 3.44. The minimum atomic E-state index is -0.491. The molecular formula is C20H22FN5O3. The first kappa shape index (κ1) is 19.1. The highest BCUT2D eigenvalue weighted by Gasteiger charge is 2.32. The van der Waals surface area contributed by atoms with Crippen LogP contribution in [0.3, 0.4) is 0 Å². The minimum Gasteiger partial charge on any atom is -0.334 e. The predicted molar refractivity (Wildman–Crippen MR) is 102 cm³/mol. The second kappa shape index (κ2) is 8.02. The number of halogens is 1. The molecule has 2 aromatic rings. The highest BCUT2D eigenvalue weighted by atomic mass is 19.1. The van der Waals surface area contributed by atoms with Gasteiger partial charge in [0.25, 0.3) is 5.91 Å². The molecule has 0 aliphatic carbocycles. The van der Waals surface area contributed by atoms with Gasteiger partial charge in [0.1, 0.15) is 5.82 Å². The molecule has 4 rings (SSSR count). The molecule has 3 amide bonds. The lowest BCUT2D eigenvalue weighted by Crippen LogP contribution is -2.54. The lowest BCUT2D eigenvalue weighted by atomic mass is 10.2. The lowest BCUT2D eigenvalue weighted by Gasteiger charge is -2.34. The Bertz CT molecular complexity index is 930. The zero-order chi connectivity index (χ0) is 20.4. The molecule has 2 fully saturated rings. The SMILES string of the molecule is O=C(C(=O)N1CCN(C(=O)c2ccn(-c3cccc(F)c3)n2)CC1)N1CCCC1. The first-order valence-electron chi connectivity index (χ1n) is 9.72. The van der Waals surface area contributed by atoms with Crippen LogP contribution in [-0.4, -0.2) is 81.5 Å². The molecule has 0 unspecified atom stereocenters. The van der Waals surface area contributed by atoms with Crippen molar-refractivity contribution in [2.24, 2.45) is 0 Å². The molecule has 8 nitrogen and oxygen atoms in total. The van der Waals surface area contributed by atoms with Crippen LogP contribution >= 0.6 is 0 Å². The molecular weight excluding hydrogens is 377 g/mol. The maximum Gasteiger partial charge on any atom is 0.312 e. The normalized spacial score (nSPS) is 16.9. The van der Waals surface area contributed by atoms with E-state index in [-0.39, 0.29) is 17.4 Å². The summed E-state index contributed by atoms with van der Waals surface area (Å²) in [5, 5.41) is 4.25. The number of hydrogen-bond acceptors (Lipinski definition) is 4. The summed E-state index contributed by atoms with van der Waals surface area (Å²) in [6, 6.07) is 7.54. The van der Waals surface area contributed by atoms with Gasteiger partial charge >= 0.3 is 11.8 Å². The van der Waals surface area contributed by atoms with Gasteiger partial charge < -0.3 is 14.7 Å². The molecule has 2 aliphatic heterocycles. The predicted octanol–water partition coefficient (Wildman–Crippen LogP) is 0.918. The van der Waals surface area contributed by atoms with E-state index >= 15 is 0 Å². The largest absolute Gasteiger partial charge is 0.334 e. The Balaban J connectivity index is 1.36. The molecule has 0 radical (unpaired) electrons. The van der Waals surface area contributed by atoms with Crippen LogP contribution in [-0.2, 0) is 9.59 Å². The number of likely N-dealkylation sites (tertiary alicyclic amines) is 1. The summed E-state index contributed by atoms with van der Waals surface area (Å²) in [6.45, 7) is 2.58. The fraction of sp³-hybridized carbons (Fsp3) is 0.400. The van der Waals surface area contributed by atoms with Gasteiger partial charge in [0.15, 0.2) is 5.69 Å². The number of rotatable bonds is 2. The monoisotopic (exact) mass is 399 g/mol. The zero-order valence-corrected chi connectivity index (χ0v) is 16.0. The van der Waals surface area contributed by atoms with Crippen molar-refractivity contribution in [2.45, 2.75) is 12.8 Å². The molecule has 2 saturated heterocycles. The van der Waals surface area contributed by atoms with Gasteiger partial charge in [0.2, 0.25) is 0 Å². The van der Waals surface area contributed by atoms with E-state index in [1.165, 1.54) is 21.7 Å². The third kappa shape index (κ3) is 3.98. The molecule has 29 heavy (non-hydrogen) atoms. The van der Waals surface area contributed by atoms with Crippen molar-refractivity contribution in [3.05, 3.63) is 48.0 Å². The lowest BCUT2D eigenvalue weighted by molar-refractivity contribution is -0.152. The van der Waals surface area contributed by atoms with Crippen LogP contribution in [0.4, 0.5) is 4.39 Å². The molecule has 0 atom stereocenters. The maximum absolute atomic E-state index is 13.4. The summed E-state index contributed by atoms with van der Waals surface area (Å²) in [6.07, 6.45) is 3.48. The highest BCUT2D eigenvalue weighted by Crippen LogP contribution is 2.13. The Kier molecular flexibility index (Phi) is 5.28. The van der Waals surface area contributed by atoms with Crippen molar-refractivity contribution in [3.63, 3.8) is 0 Å². The van der Waals surface area contributed by atoms with Crippen molar-refractivity contribution >= 4 is 17.7 Å². The molecule has 1 aromatic carbocycles. The second-order valence-corrected chi connectivity index (χ2v) is 7.21. The maximum atomic E-state index is 13.4. The van der Waals surface area contributed by atoms with E-state index in [1.54, 1.807) is 34.2 Å². The number of piperazine rings is 1. The van der Waals surface area contributed by atoms with Gasteiger partial charge in [-0.15, -0.1) is 0 Å². The molecule has 152 valence electrons. The summed E-state index contributed by atoms with van der Waals surface area (Å²) in [4.78, 5) is 42.1. The van der Waals surface area contributed by atoms with Gasteiger partial charge in [0.05, 0.1) is 5.69 Å². The molecule has 9 heteroatoms. The van der Waals surface area contributed by atoms with E-state index in [0.717, 1.165) is 12.8 Å². The number of benzene rings is 1. The van der Waals surface area contributed by atoms with Crippen molar-refractivity contribution < 1.29 is 18.8 Å². The van der Waals surface area contributed by atoms with E-state index in [2.05, 4.69) is 5.10 Å². The van der Waals surface area contributed by atoms with E-state index in [9.17, 15) is 18.8 Å². The van der Waals surface area contributed by atoms with E-state index in [1.807, 2.05) is 0 Å². The van der Waals surface area contributed by atoms with Crippen LogP contribution < -0.4 is 0 Å². The van der Waals surface area contributed by atoms with Crippen LogP contribution in [0.15, 0.2) is 36.5 Å². The summed E-state index contributed by atoms with van der Waals surface area (Å²) >= 11 is 0. The van der Waals surface area contributed by atoms with Crippen molar-refractivity contribution in [1.82, 2.24) is 24.5 Å². The van der Waals surface area contributed by atoms with Crippen molar-refractivity contribution in [3.8, 4) is 5.69 Å². The Morgan fingerprint density at radius 3 is 2.10 bits per heavy atom. The molecule has 1 aromatic heterocycles. The summed E-state index contributed by atoms with van der Waals surface area (Å²) in [7, 11) is 0. The van der Waals surface area contributed by atoms with Crippen LogP contribution in [0.5, 0.6) is 0 Å². The first-order valence-corrected chi connectivity index (χ1v) is 9.72. The molecule has 0 bridgehead atoms. The number of aromatic nitrogens is 2. The zero-order valence-electron chi connectivity index (χ0n) is 16.0. The van der Waals surface area contributed by atoms with Gasteiger partial charge in [-0.25, -0.2) is 9.07 Å². The fourth-order valence-electron chi connectivity index (χ4n) is 3.67. The fourth-order valence-corrected chi connectivity index (χ4v) is 3.67. The van der Waals surface area contributed by atoms with Crippen LogP contribution in [0.2, 0.25) is 0 Å². The van der Waals surface area contributed by atoms with E-state index in [4.69, 9.17) is 0 Å². The van der Waals surface area contributed by atoms with Crippen LogP contribution in [0.25, 0.3) is 5.69 Å². The first-order chi connectivity index (χ1) is 14.0. The van der Waals surface area contributed by atoms with Crippen LogP contribution in [0, 0.1) is 5.82 Å². The number of amides is 3. The smallest absolute Gasteiger partial charge is 0.312 e. The molecule has 2 aliphatic rings. The Hall–Kier alpha value is -3.23. The standard InChI is InChI=1S/C20H22FN5O3/c21-15-4-3-5-16(14-15)26-9-6-17(22-26)18(27)24-10-12-25(13-11-24)20(29)19(28)23-7-1-2-8-23/h3-6,9,14H,1-2,7-8,10-13H2. The summed E-state index contributed by atoms with van der Waals surface area (Å²) in [5.74, 6) is -1.57. The molecule has 0 spiro atoms. The van der Waals surface area contributed by atoms with Gasteiger partial charge in [-0.2, -0.15) is 5.10 Å². The summed E-state index contributed by atoms with van der Waals surface area (Å²) < 4.78 is 14.8. The highest BCUT2D eigenvalue weighted by molar-refractivity contribution is 6.35. The van der Waals surface area contributed by atoms with Gasteiger partial charge in [-0.1, -0.05) is 6.07 Å². The van der Waals surface area contributed by atoms with Gasteiger partial charge in [0, 0.05) is 45.5 Å². The average molecular weight is 399 g/mol. The topological polar surface area (TPSA) is 78.8 Å². The Morgan fingerprint density at radius 2 is 1.45 bits per heavy atom. The van der Waals surface area contributed by atoms with E-state index in [0.29, 0.717) is 45.0 Å². The quantitative estimate of drug-likeness (QED) is 0.704. The number of carbonyl (C=O) groups excluding carboxylic acids is 3. The minimum absolute atomic E-state index is 0.252. The Morgan fingerprint density at radius 1 is 0.828 bits per heavy atom. The Labute approximate surface area is 167 Å². The van der Waals surface area contributed by atoms with Gasteiger partial charge in [-0.05, 0) is 37.1 Å². The third-order valence-electron chi connectivity index (χ3n) is 5.31. The number of carbonyl (C=O) groups is 3. The second-order valence-electron chi connectivity index (χ2n) is 7.21. The third-order valence-corrected chi connectivity index (χ3v) is 5.31. The number of nitrogens with zero attached hydrogens (tertiary/aromatic N) is 5. The molecule has 3 heterocycles. The van der Waals surface area contributed by atoms with Crippen molar-refractivity contribution in [2.75, 3.05) is 39.3 Å².